The van der Waals surface area contributed by atoms with Crippen LogP contribution in [0.2, 0.25) is 0 Å². The molecular formula is C23H23N3O3. The van der Waals surface area contributed by atoms with Gasteiger partial charge in [-0.05, 0) is 35.7 Å². The van der Waals surface area contributed by atoms with Gasteiger partial charge in [0.25, 0.3) is 5.91 Å². The first-order valence-electron chi connectivity index (χ1n) is 9.62. The molecular weight excluding hydrogens is 366 g/mol. The third-order valence-electron chi connectivity index (χ3n) is 4.66. The summed E-state index contributed by atoms with van der Waals surface area (Å²) in [6, 6.07) is 15.3. The van der Waals surface area contributed by atoms with Gasteiger partial charge in [-0.1, -0.05) is 32.0 Å². The van der Waals surface area contributed by atoms with E-state index in [1.54, 1.807) is 36.7 Å². The van der Waals surface area contributed by atoms with Crippen LogP contribution >= 0.6 is 0 Å². The second-order valence-electron chi connectivity index (χ2n) is 7.14. The Kier molecular flexibility index (Phi) is 5.33. The number of fused-ring (bicyclic) bond motifs is 1. The maximum Gasteiger partial charge on any atom is 0.257 e. The fourth-order valence-electron chi connectivity index (χ4n) is 3.23. The molecule has 0 atom stereocenters. The molecule has 0 aliphatic carbocycles. The molecule has 0 radical (unpaired) electrons. The Morgan fingerprint density at radius 3 is 2.59 bits per heavy atom. The molecule has 148 valence electrons. The number of anilines is 3. The number of carbonyl (C=O) groups excluding carboxylic acids is 1. The smallest absolute Gasteiger partial charge is 0.257 e. The summed E-state index contributed by atoms with van der Waals surface area (Å²) in [6.07, 6.45) is 3.25. The van der Waals surface area contributed by atoms with Crippen LogP contribution in [0.5, 0.6) is 11.5 Å². The lowest BCUT2D eigenvalue weighted by Gasteiger charge is -2.19. The van der Waals surface area contributed by atoms with Crippen molar-refractivity contribution in [2.24, 2.45) is 0 Å². The van der Waals surface area contributed by atoms with Gasteiger partial charge in [-0.3, -0.25) is 9.78 Å². The van der Waals surface area contributed by atoms with E-state index in [2.05, 4.69) is 35.5 Å². The van der Waals surface area contributed by atoms with Gasteiger partial charge in [0.2, 0.25) is 0 Å². The van der Waals surface area contributed by atoms with E-state index < -0.39 is 0 Å². The third-order valence-corrected chi connectivity index (χ3v) is 4.66. The molecule has 1 aromatic heterocycles. The summed E-state index contributed by atoms with van der Waals surface area (Å²) in [6.45, 7) is 5.33. The SMILES string of the molecule is CC(C)c1ccccc1Nc1cncc(C(=O)Nc2ccc3c(c2)OCCO3)c1. The van der Waals surface area contributed by atoms with Crippen LogP contribution in [0.4, 0.5) is 17.1 Å². The molecule has 6 heteroatoms. The van der Waals surface area contributed by atoms with Crippen LogP contribution in [0.3, 0.4) is 0 Å². The normalized spacial score (nSPS) is 12.5. The van der Waals surface area contributed by atoms with E-state index >= 15 is 0 Å². The largest absolute Gasteiger partial charge is 0.486 e. The van der Waals surface area contributed by atoms with Crippen molar-refractivity contribution in [3.8, 4) is 11.5 Å². The Labute approximate surface area is 169 Å². The summed E-state index contributed by atoms with van der Waals surface area (Å²) in [5.74, 6) is 1.46. The molecule has 0 saturated heterocycles. The van der Waals surface area contributed by atoms with Crippen molar-refractivity contribution >= 4 is 23.0 Å². The first-order valence-corrected chi connectivity index (χ1v) is 9.62. The van der Waals surface area contributed by atoms with Gasteiger partial charge in [0.05, 0.1) is 17.4 Å². The number of amides is 1. The van der Waals surface area contributed by atoms with E-state index in [0.717, 1.165) is 11.4 Å². The van der Waals surface area contributed by atoms with Gasteiger partial charge in [-0.25, -0.2) is 0 Å². The van der Waals surface area contributed by atoms with E-state index in [4.69, 9.17) is 9.47 Å². The minimum Gasteiger partial charge on any atom is -0.486 e. The predicted octanol–water partition coefficient (Wildman–Crippen LogP) is 4.97. The van der Waals surface area contributed by atoms with E-state index in [-0.39, 0.29) is 5.91 Å². The standard InChI is InChI=1S/C23H23N3O3/c1-15(2)19-5-3-4-6-20(19)25-18-11-16(13-24-14-18)23(27)26-17-7-8-21-22(12-17)29-10-9-28-21/h3-8,11-15,25H,9-10H2,1-2H3,(H,26,27). The quantitative estimate of drug-likeness (QED) is 0.644. The summed E-state index contributed by atoms with van der Waals surface area (Å²) in [5, 5.41) is 6.26. The van der Waals surface area contributed by atoms with Crippen molar-refractivity contribution in [2.45, 2.75) is 19.8 Å². The Morgan fingerprint density at radius 2 is 1.76 bits per heavy atom. The lowest BCUT2D eigenvalue weighted by atomic mass is 10.0. The maximum absolute atomic E-state index is 12.7. The number of pyridine rings is 1. The van der Waals surface area contributed by atoms with E-state index in [9.17, 15) is 4.79 Å². The van der Waals surface area contributed by atoms with Gasteiger partial charge >= 0.3 is 0 Å². The molecule has 0 fully saturated rings. The number of rotatable bonds is 5. The van der Waals surface area contributed by atoms with E-state index in [1.165, 1.54) is 5.56 Å². The topological polar surface area (TPSA) is 72.5 Å². The molecule has 2 aromatic carbocycles. The molecule has 1 amide bonds. The summed E-state index contributed by atoms with van der Waals surface area (Å²) in [7, 11) is 0. The number of nitrogens with one attached hydrogen (secondary N) is 2. The number of para-hydroxylation sites is 1. The molecule has 3 aromatic rings. The molecule has 1 aliphatic heterocycles. The lowest BCUT2D eigenvalue weighted by Crippen LogP contribution is -2.16. The number of hydrogen-bond acceptors (Lipinski definition) is 5. The van der Waals surface area contributed by atoms with Gasteiger partial charge < -0.3 is 20.1 Å². The highest BCUT2D eigenvalue weighted by Crippen LogP contribution is 2.33. The van der Waals surface area contributed by atoms with E-state index in [0.29, 0.717) is 41.9 Å². The fourth-order valence-corrected chi connectivity index (χ4v) is 3.23. The second-order valence-corrected chi connectivity index (χ2v) is 7.14. The molecule has 6 nitrogen and oxygen atoms in total. The highest BCUT2D eigenvalue weighted by Gasteiger charge is 2.14. The van der Waals surface area contributed by atoms with Crippen LogP contribution in [0.15, 0.2) is 60.9 Å². The zero-order valence-electron chi connectivity index (χ0n) is 16.4. The molecule has 0 saturated carbocycles. The second kappa shape index (κ2) is 8.22. The van der Waals surface area contributed by atoms with Crippen LogP contribution in [0.1, 0.15) is 35.7 Å². The van der Waals surface area contributed by atoms with Gasteiger partial charge in [-0.15, -0.1) is 0 Å². The van der Waals surface area contributed by atoms with Gasteiger partial charge in [0, 0.05) is 23.6 Å². The minimum atomic E-state index is -0.241. The first kappa shape index (κ1) is 18.8. The number of aromatic nitrogens is 1. The summed E-state index contributed by atoms with van der Waals surface area (Å²) < 4.78 is 11.1. The number of nitrogens with zero attached hydrogens (tertiary/aromatic N) is 1. The van der Waals surface area contributed by atoms with Crippen LogP contribution in [0.25, 0.3) is 0 Å². The van der Waals surface area contributed by atoms with Crippen molar-refractivity contribution in [1.82, 2.24) is 4.98 Å². The van der Waals surface area contributed by atoms with Crippen LogP contribution in [0, 0.1) is 0 Å². The summed E-state index contributed by atoms with van der Waals surface area (Å²) in [5.41, 5.74) is 4.08. The van der Waals surface area contributed by atoms with Crippen LogP contribution < -0.4 is 20.1 Å². The Balaban J connectivity index is 1.51. The number of benzene rings is 2. The number of hydrogen-bond donors (Lipinski definition) is 2. The molecule has 2 heterocycles. The zero-order valence-corrected chi connectivity index (χ0v) is 16.4. The Hall–Kier alpha value is -3.54. The van der Waals surface area contributed by atoms with Crippen molar-refractivity contribution in [2.75, 3.05) is 23.8 Å². The average Bonchev–Trinajstić information content (AvgIpc) is 2.74. The first-order chi connectivity index (χ1) is 14.1. The highest BCUT2D eigenvalue weighted by atomic mass is 16.6. The summed E-state index contributed by atoms with van der Waals surface area (Å²) >= 11 is 0. The third kappa shape index (κ3) is 4.32. The van der Waals surface area contributed by atoms with Crippen LogP contribution in [-0.2, 0) is 0 Å². The Bertz CT molecular complexity index is 1030. The highest BCUT2D eigenvalue weighted by molar-refractivity contribution is 6.04. The summed E-state index contributed by atoms with van der Waals surface area (Å²) in [4.78, 5) is 16.9. The molecule has 1 aliphatic rings. The minimum absolute atomic E-state index is 0.241. The number of carbonyl (C=O) groups is 1. The van der Waals surface area contributed by atoms with Gasteiger partial charge in [-0.2, -0.15) is 0 Å². The molecule has 0 unspecified atom stereocenters. The molecule has 0 bridgehead atoms. The number of ether oxygens (including phenoxy) is 2. The molecule has 29 heavy (non-hydrogen) atoms. The van der Waals surface area contributed by atoms with E-state index in [1.807, 2.05) is 18.2 Å². The molecule has 0 spiro atoms. The lowest BCUT2D eigenvalue weighted by molar-refractivity contribution is 0.102. The zero-order chi connectivity index (χ0) is 20.2. The molecule has 2 N–H and O–H groups in total. The Morgan fingerprint density at radius 1 is 0.966 bits per heavy atom. The van der Waals surface area contributed by atoms with Gasteiger partial charge in [0.15, 0.2) is 11.5 Å². The molecule has 4 rings (SSSR count). The predicted molar refractivity (Wildman–Crippen MR) is 113 cm³/mol. The maximum atomic E-state index is 12.7. The van der Waals surface area contributed by atoms with Crippen LogP contribution in [-0.4, -0.2) is 24.1 Å². The fraction of sp³-hybridized carbons (Fsp3) is 0.217. The van der Waals surface area contributed by atoms with Gasteiger partial charge in [0.1, 0.15) is 13.2 Å². The average molecular weight is 389 g/mol. The van der Waals surface area contributed by atoms with Crippen molar-refractivity contribution in [1.29, 1.82) is 0 Å². The van der Waals surface area contributed by atoms with Crippen molar-refractivity contribution in [3.05, 3.63) is 72.1 Å². The monoisotopic (exact) mass is 389 g/mol. The van der Waals surface area contributed by atoms with Crippen molar-refractivity contribution < 1.29 is 14.3 Å². The van der Waals surface area contributed by atoms with Crippen molar-refractivity contribution in [3.63, 3.8) is 0 Å².